The molecular weight excluding hydrogens is 444 g/mol. The molecule has 0 aliphatic carbocycles. The van der Waals surface area contributed by atoms with Crippen LogP contribution >= 0.6 is 11.6 Å². The van der Waals surface area contributed by atoms with E-state index < -0.39 is 11.5 Å². The topological polar surface area (TPSA) is 116 Å². The molecule has 3 N–H and O–H groups in total. The van der Waals surface area contributed by atoms with Crippen molar-refractivity contribution in [2.75, 3.05) is 25.2 Å². The molecule has 0 unspecified atom stereocenters. The van der Waals surface area contributed by atoms with E-state index in [9.17, 15) is 14.4 Å². The molecule has 1 amide bonds. The van der Waals surface area contributed by atoms with Crippen molar-refractivity contribution in [3.8, 4) is 16.9 Å². The Bertz CT molecular complexity index is 1310. The SMILES string of the molecule is CN=Cc1cc(NC(=O)Cn2cc(OC)c(-c3cc(Cl)ccc3C(C)=O)cc2=O)ccc1N. The molecule has 170 valence electrons. The number of ether oxygens (including phenoxy) is 1. The quantitative estimate of drug-likeness (QED) is 0.313. The number of anilines is 2. The van der Waals surface area contributed by atoms with Gasteiger partial charge < -0.3 is 20.4 Å². The van der Waals surface area contributed by atoms with Crippen LogP contribution in [0.3, 0.4) is 0 Å². The Hall–Kier alpha value is -3.91. The van der Waals surface area contributed by atoms with E-state index in [0.29, 0.717) is 44.4 Å². The summed E-state index contributed by atoms with van der Waals surface area (Å²) in [7, 11) is 3.06. The molecule has 33 heavy (non-hydrogen) atoms. The predicted octanol–water partition coefficient (Wildman–Crippen LogP) is 3.65. The summed E-state index contributed by atoms with van der Waals surface area (Å²) in [6.45, 7) is 1.19. The molecular formula is C24H23ClN4O4. The monoisotopic (exact) mass is 466 g/mol. The number of carbonyl (C=O) groups excluding carboxylic acids is 2. The van der Waals surface area contributed by atoms with E-state index in [-0.39, 0.29) is 12.3 Å². The summed E-state index contributed by atoms with van der Waals surface area (Å²) in [4.78, 5) is 41.4. The van der Waals surface area contributed by atoms with Crippen LogP contribution in [-0.2, 0) is 11.3 Å². The van der Waals surface area contributed by atoms with Gasteiger partial charge in [-0.1, -0.05) is 11.6 Å². The first-order valence-electron chi connectivity index (χ1n) is 9.94. The molecule has 0 saturated carbocycles. The number of aliphatic imine (C=N–C) groups is 1. The van der Waals surface area contributed by atoms with E-state index in [0.717, 1.165) is 0 Å². The van der Waals surface area contributed by atoms with E-state index in [2.05, 4.69) is 10.3 Å². The highest BCUT2D eigenvalue weighted by Gasteiger charge is 2.17. The number of hydrogen-bond donors (Lipinski definition) is 2. The summed E-state index contributed by atoms with van der Waals surface area (Å²) in [6, 6.07) is 11.1. The fraction of sp³-hybridized carbons (Fsp3) is 0.167. The van der Waals surface area contributed by atoms with Crippen molar-refractivity contribution in [3.63, 3.8) is 0 Å². The normalized spacial score (nSPS) is 10.9. The Morgan fingerprint density at radius 3 is 2.61 bits per heavy atom. The summed E-state index contributed by atoms with van der Waals surface area (Å²) in [5.74, 6) is -0.271. The molecule has 3 aromatic rings. The highest BCUT2D eigenvalue weighted by molar-refractivity contribution is 6.31. The molecule has 0 aliphatic rings. The zero-order chi connectivity index (χ0) is 24.1. The van der Waals surface area contributed by atoms with Gasteiger partial charge in [-0.2, -0.15) is 0 Å². The van der Waals surface area contributed by atoms with Crippen molar-refractivity contribution >= 4 is 40.9 Å². The highest BCUT2D eigenvalue weighted by Crippen LogP contribution is 2.33. The molecule has 0 atom stereocenters. The number of rotatable bonds is 7. The number of nitrogens with two attached hydrogens (primary N) is 1. The first kappa shape index (κ1) is 23.7. The fourth-order valence-electron chi connectivity index (χ4n) is 3.35. The number of hydrogen-bond acceptors (Lipinski definition) is 6. The minimum absolute atomic E-state index is 0.178. The number of carbonyl (C=O) groups is 2. The van der Waals surface area contributed by atoms with Crippen molar-refractivity contribution in [2.45, 2.75) is 13.5 Å². The maximum atomic E-state index is 12.8. The Balaban J connectivity index is 1.92. The molecule has 0 spiro atoms. The number of amides is 1. The first-order valence-corrected chi connectivity index (χ1v) is 10.3. The summed E-state index contributed by atoms with van der Waals surface area (Å²) in [5, 5.41) is 3.15. The second kappa shape index (κ2) is 10.1. The zero-order valence-electron chi connectivity index (χ0n) is 18.4. The van der Waals surface area contributed by atoms with Crippen molar-refractivity contribution < 1.29 is 14.3 Å². The number of pyridine rings is 1. The summed E-state index contributed by atoms with van der Waals surface area (Å²) >= 11 is 6.12. The van der Waals surface area contributed by atoms with Gasteiger partial charge in [0, 0.05) is 52.4 Å². The maximum absolute atomic E-state index is 12.8. The van der Waals surface area contributed by atoms with Gasteiger partial charge in [0.2, 0.25) is 5.91 Å². The third-order valence-corrected chi connectivity index (χ3v) is 5.15. The molecule has 0 radical (unpaired) electrons. The van der Waals surface area contributed by atoms with Gasteiger partial charge in [-0.15, -0.1) is 0 Å². The number of nitrogens with one attached hydrogen (secondary N) is 1. The van der Waals surface area contributed by atoms with Gasteiger partial charge in [-0.3, -0.25) is 19.4 Å². The van der Waals surface area contributed by atoms with Gasteiger partial charge in [0.1, 0.15) is 12.3 Å². The average molecular weight is 467 g/mol. The van der Waals surface area contributed by atoms with Crippen LogP contribution in [0.1, 0.15) is 22.8 Å². The minimum atomic E-state index is -0.438. The van der Waals surface area contributed by atoms with E-state index in [1.165, 1.54) is 30.9 Å². The largest absolute Gasteiger partial charge is 0.495 e. The van der Waals surface area contributed by atoms with Gasteiger partial charge >= 0.3 is 0 Å². The van der Waals surface area contributed by atoms with Crippen molar-refractivity contribution in [1.29, 1.82) is 0 Å². The summed E-state index contributed by atoms with van der Waals surface area (Å²) in [6.07, 6.45) is 3.02. The van der Waals surface area contributed by atoms with E-state index in [4.69, 9.17) is 22.1 Å². The molecule has 8 nitrogen and oxygen atoms in total. The fourth-order valence-corrected chi connectivity index (χ4v) is 3.53. The van der Waals surface area contributed by atoms with Crippen LogP contribution in [0.2, 0.25) is 5.02 Å². The van der Waals surface area contributed by atoms with Crippen LogP contribution in [0.4, 0.5) is 11.4 Å². The van der Waals surface area contributed by atoms with Crippen molar-refractivity contribution in [3.05, 3.63) is 75.2 Å². The Morgan fingerprint density at radius 2 is 1.94 bits per heavy atom. The summed E-state index contributed by atoms with van der Waals surface area (Å²) in [5.41, 5.74) is 8.46. The maximum Gasteiger partial charge on any atom is 0.251 e. The molecule has 0 fully saturated rings. The first-order chi connectivity index (χ1) is 15.7. The number of ketones is 1. The van der Waals surface area contributed by atoms with E-state index in [1.807, 2.05) is 0 Å². The lowest BCUT2D eigenvalue weighted by molar-refractivity contribution is -0.116. The third-order valence-electron chi connectivity index (χ3n) is 4.91. The Kier molecular flexibility index (Phi) is 7.30. The zero-order valence-corrected chi connectivity index (χ0v) is 19.1. The molecule has 3 rings (SSSR count). The van der Waals surface area contributed by atoms with Crippen LogP contribution in [0.5, 0.6) is 5.75 Å². The number of benzene rings is 2. The molecule has 0 aliphatic heterocycles. The number of nitrogens with zero attached hydrogens (tertiary/aromatic N) is 2. The van der Waals surface area contributed by atoms with Gasteiger partial charge in [-0.25, -0.2) is 0 Å². The Labute approximate surface area is 195 Å². The van der Waals surface area contributed by atoms with Crippen molar-refractivity contribution in [1.82, 2.24) is 4.57 Å². The van der Waals surface area contributed by atoms with Gasteiger partial charge in [0.05, 0.1) is 13.3 Å². The molecule has 1 aromatic heterocycles. The number of halogens is 1. The van der Waals surface area contributed by atoms with Crippen LogP contribution in [0.15, 0.2) is 58.4 Å². The molecule has 9 heteroatoms. The lowest BCUT2D eigenvalue weighted by Crippen LogP contribution is -2.27. The molecule has 1 heterocycles. The predicted molar refractivity (Wildman–Crippen MR) is 131 cm³/mol. The second-order valence-corrected chi connectivity index (χ2v) is 7.68. The highest BCUT2D eigenvalue weighted by atomic mass is 35.5. The number of methoxy groups -OCH3 is 1. The van der Waals surface area contributed by atoms with Crippen LogP contribution in [-0.4, -0.2) is 36.6 Å². The lowest BCUT2D eigenvalue weighted by Gasteiger charge is -2.15. The van der Waals surface area contributed by atoms with Gasteiger partial charge in [0.15, 0.2) is 5.78 Å². The summed E-state index contributed by atoms with van der Waals surface area (Å²) < 4.78 is 6.67. The van der Waals surface area contributed by atoms with Crippen LogP contribution in [0, 0.1) is 0 Å². The minimum Gasteiger partial charge on any atom is -0.495 e. The Morgan fingerprint density at radius 1 is 1.18 bits per heavy atom. The van der Waals surface area contributed by atoms with Crippen LogP contribution < -0.4 is 21.3 Å². The number of Topliss-reactive ketones (excluding diaryl/α,β-unsaturated/α-hetero) is 1. The molecule has 0 bridgehead atoms. The smallest absolute Gasteiger partial charge is 0.251 e. The van der Waals surface area contributed by atoms with E-state index >= 15 is 0 Å². The van der Waals surface area contributed by atoms with Gasteiger partial charge in [-0.05, 0) is 48.9 Å². The van der Waals surface area contributed by atoms with E-state index in [1.54, 1.807) is 49.7 Å². The number of nitrogen functional groups attached to an aromatic ring is 1. The number of aromatic nitrogens is 1. The molecule has 2 aromatic carbocycles. The van der Waals surface area contributed by atoms with Crippen LogP contribution in [0.25, 0.3) is 11.1 Å². The molecule has 0 saturated heterocycles. The standard InChI is InChI=1S/C24H23ClN4O4/c1-14(30)18-6-4-16(25)9-19(18)20-10-24(32)29(12-22(20)33-3)13-23(31)28-17-5-7-21(26)15(8-17)11-27-2/h4-12H,13,26H2,1-3H3,(H,28,31). The third kappa shape index (κ3) is 5.48. The second-order valence-electron chi connectivity index (χ2n) is 7.25. The van der Waals surface area contributed by atoms with Crippen molar-refractivity contribution in [2.24, 2.45) is 4.99 Å². The average Bonchev–Trinajstić information content (AvgIpc) is 2.77. The lowest BCUT2D eigenvalue weighted by atomic mass is 9.97. The van der Waals surface area contributed by atoms with Gasteiger partial charge in [0.25, 0.3) is 5.56 Å².